The van der Waals surface area contributed by atoms with Gasteiger partial charge in [0.2, 0.25) is 0 Å². The lowest BCUT2D eigenvalue weighted by Crippen LogP contribution is -1.97. The first-order valence-corrected chi connectivity index (χ1v) is 3.55. The molecule has 2 aromatic rings. The first-order valence-electron chi connectivity index (χ1n) is 3.55. The summed E-state index contributed by atoms with van der Waals surface area (Å²) in [5, 5.41) is 12.2. The molecule has 0 spiro atoms. The molecule has 0 aromatic carbocycles. The number of carboxylic acid groups (broad SMARTS) is 1. The Hall–Kier alpha value is -1.91. The van der Waals surface area contributed by atoms with E-state index in [1.165, 1.54) is 28.9 Å². The number of halogens is 1. The fourth-order valence-corrected chi connectivity index (χ4v) is 1.09. The zero-order chi connectivity index (χ0) is 9.42. The maximum Gasteiger partial charge on any atom is 0.356 e. The van der Waals surface area contributed by atoms with Gasteiger partial charge in [0, 0.05) is 12.3 Å². The number of fused-ring (bicyclic) bond motifs is 1. The van der Waals surface area contributed by atoms with Crippen LogP contribution in [0.2, 0.25) is 0 Å². The van der Waals surface area contributed by atoms with Gasteiger partial charge in [-0.05, 0) is 12.1 Å². The standard InChI is InChI=1S/C8H5FN2O2/c9-5-2-1-3-11-7(5)4-6(10-11)8(12)13/h1-4H,(H,12,13). The third-order valence-corrected chi connectivity index (χ3v) is 1.67. The Balaban J connectivity index is 2.75. The van der Waals surface area contributed by atoms with Gasteiger partial charge in [-0.25, -0.2) is 13.7 Å². The van der Waals surface area contributed by atoms with Gasteiger partial charge in [-0.15, -0.1) is 0 Å². The highest BCUT2D eigenvalue weighted by Crippen LogP contribution is 2.10. The van der Waals surface area contributed by atoms with Crippen LogP contribution >= 0.6 is 0 Å². The van der Waals surface area contributed by atoms with Crippen LogP contribution < -0.4 is 0 Å². The van der Waals surface area contributed by atoms with Crippen molar-refractivity contribution in [1.29, 1.82) is 0 Å². The Kier molecular flexibility index (Phi) is 1.51. The van der Waals surface area contributed by atoms with Crippen molar-refractivity contribution in [2.75, 3.05) is 0 Å². The van der Waals surface area contributed by atoms with Crippen molar-refractivity contribution in [2.45, 2.75) is 0 Å². The maximum absolute atomic E-state index is 13.0. The van der Waals surface area contributed by atoms with Crippen LogP contribution in [0.1, 0.15) is 10.5 Å². The summed E-state index contributed by atoms with van der Waals surface area (Å²) in [6, 6.07) is 3.90. The van der Waals surface area contributed by atoms with Gasteiger partial charge in [-0.3, -0.25) is 0 Å². The van der Waals surface area contributed by atoms with E-state index in [0.717, 1.165) is 0 Å². The summed E-state index contributed by atoms with van der Waals surface area (Å²) in [5.74, 6) is -1.65. The Bertz CT molecular complexity index is 478. The maximum atomic E-state index is 13.0. The molecule has 5 heteroatoms. The lowest BCUT2D eigenvalue weighted by molar-refractivity contribution is 0.0690. The van der Waals surface area contributed by atoms with Gasteiger partial charge in [-0.2, -0.15) is 5.10 Å². The van der Waals surface area contributed by atoms with E-state index in [9.17, 15) is 9.18 Å². The van der Waals surface area contributed by atoms with Gasteiger partial charge in [0.25, 0.3) is 0 Å². The highest BCUT2D eigenvalue weighted by molar-refractivity contribution is 5.87. The van der Waals surface area contributed by atoms with Crippen molar-refractivity contribution in [2.24, 2.45) is 0 Å². The molecule has 0 fully saturated rings. The van der Waals surface area contributed by atoms with Crippen LogP contribution in [0.25, 0.3) is 5.52 Å². The molecule has 2 rings (SSSR count). The van der Waals surface area contributed by atoms with E-state index in [0.29, 0.717) is 0 Å². The van der Waals surface area contributed by atoms with Crippen LogP contribution in [0.5, 0.6) is 0 Å². The van der Waals surface area contributed by atoms with Crippen LogP contribution in [0, 0.1) is 5.82 Å². The Labute approximate surface area is 72.2 Å². The van der Waals surface area contributed by atoms with E-state index < -0.39 is 11.8 Å². The number of aromatic carboxylic acids is 1. The summed E-state index contributed by atoms with van der Waals surface area (Å²) in [6.07, 6.45) is 1.49. The molecular weight excluding hydrogens is 175 g/mol. The normalized spacial score (nSPS) is 10.5. The van der Waals surface area contributed by atoms with Gasteiger partial charge >= 0.3 is 5.97 Å². The average Bonchev–Trinajstić information content (AvgIpc) is 2.49. The number of carboxylic acids is 1. The van der Waals surface area contributed by atoms with Gasteiger partial charge in [0.15, 0.2) is 5.69 Å². The first-order chi connectivity index (χ1) is 6.18. The van der Waals surface area contributed by atoms with Crippen molar-refractivity contribution < 1.29 is 14.3 Å². The summed E-state index contributed by atoms with van der Waals surface area (Å²) in [4.78, 5) is 10.5. The van der Waals surface area contributed by atoms with Crippen molar-refractivity contribution in [3.63, 3.8) is 0 Å². The number of rotatable bonds is 1. The molecule has 0 atom stereocenters. The summed E-state index contributed by atoms with van der Waals surface area (Å²) in [6.45, 7) is 0. The summed E-state index contributed by atoms with van der Waals surface area (Å²) in [7, 11) is 0. The highest BCUT2D eigenvalue weighted by atomic mass is 19.1. The van der Waals surface area contributed by atoms with Crippen LogP contribution in [0.15, 0.2) is 24.4 Å². The topological polar surface area (TPSA) is 54.6 Å². The molecule has 0 saturated heterocycles. The Morgan fingerprint density at radius 1 is 1.62 bits per heavy atom. The number of nitrogens with zero attached hydrogens (tertiary/aromatic N) is 2. The third kappa shape index (κ3) is 1.14. The van der Waals surface area contributed by atoms with E-state index in [1.54, 1.807) is 0 Å². The highest BCUT2D eigenvalue weighted by Gasteiger charge is 2.10. The van der Waals surface area contributed by atoms with Crippen molar-refractivity contribution in [3.8, 4) is 0 Å². The van der Waals surface area contributed by atoms with E-state index in [-0.39, 0.29) is 11.2 Å². The quantitative estimate of drug-likeness (QED) is 0.716. The number of hydrogen-bond acceptors (Lipinski definition) is 2. The molecule has 0 aliphatic heterocycles. The first kappa shape index (κ1) is 7.72. The van der Waals surface area contributed by atoms with Gasteiger partial charge in [0.1, 0.15) is 11.3 Å². The average molecular weight is 180 g/mol. The fraction of sp³-hybridized carbons (Fsp3) is 0. The molecule has 66 valence electrons. The molecule has 0 aliphatic rings. The lowest BCUT2D eigenvalue weighted by Gasteiger charge is -1.90. The predicted molar refractivity (Wildman–Crippen MR) is 42.1 cm³/mol. The SMILES string of the molecule is O=C(O)c1cc2c(F)cccn2n1. The minimum Gasteiger partial charge on any atom is -0.476 e. The third-order valence-electron chi connectivity index (χ3n) is 1.67. The van der Waals surface area contributed by atoms with Gasteiger partial charge in [0.05, 0.1) is 0 Å². The van der Waals surface area contributed by atoms with E-state index in [2.05, 4.69) is 5.10 Å². The number of aromatic nitrogens is 2. The minimum atomic E-state index is -1.16. The van der Waals surface area contributed by atoms with Crippen LogP contribution in [0.3, 0.4) is 0 Å². The smallest absolute Gasteiger partial charge is 0.356 e. The summed E-state index contributed by atoms with van der Waals surface area (Å²) >= 11 is 0. The monoisotopic (exact) mass is 180 g/mol. The molecule has 1 N–H and O–H groups in total. The zero-order valence-corrected chi connectivity index (χ0v) is 6.44. The molecule has 4 nitrogen and oxygen atoms in total. The molecular formula is C8H5FN2O2. The Morgan fingerprint density at radius 3 is 3.00 bits per heavy atom. The molecule has 0 bridgehead atoms. The number of carbonyl (C=O) groups is 1. The molecule has 2 heterocycles. The molecule has 0 radical (unpaired) electrons. The predicted octanol–water partition coefficient (Wildman–Crippen LogP) is 1.17. The van der Waals surface area contributed by atoms with Gasteiger partial charge < -0.3 is 5.11 Å². The molecule has 0 amide bonds. The van der Waals surface area contributed by atoms with Crippen LogP contribution in [-0.4, -0.2) is 20.7 Å². The number of pyridine rings is 1. The molecule has 0 saturated carbocycles. The molecule has 13 heavy (non-hydrogen) atoms. The minimum absolute atomic E-state index is 0.162. The molecule has 2 aromatic heterocycles. The van der Waals surface area contributed by atoms with Gasteiger partial charge in [-0.1, -0.05) is 0 Å². The number of hydrogen-bond donors (Lipinski definition) is 1. The second-order valence-electron chi connectivity index (χ2n) is 2.52. The van der Waals surface area contributed by atoms with Crippen molar-refractivity contribution >= 4 is 11.5 Å². The van der Waals surface area contributed by atoms with E-state index in [1.807, 2.05) is 0 Å². The van der Waals surface area contributed by atoms with Crippen molar-refractivity contribution in [3.05, 3.63) is 35.9 Å². The lowest BCUT2D eigenvalue weighted by atomic mass is 10.3. The molecule has 0 aliphatic carbocycles. The Morgan fingerprint density at radius 2 is 2.38 bits per heavy atom. The zero-order valence-electron chi connectivity index (χ0n) is 6.44. The van der Waals surface area contributed by atoms with E-state index in [4.69, 9.17) is 5.11 Å². The second-order valence-corrected chi connectivity index (χ2v) is 2.52. The molecule has 0 unspecified atom stereocenters. The van der Waals surface area contributed by atoms with E-state index >= 15 is 0 Å². The van der Waals surface area contributed by atoms with Crippen molar-refractivity contribution in [1.82, 2.24) is 9.61 Å². The van der Waals surface area contributed by atoms with Crippen LogP contribution in [0.4, 0.5) is 4.39 Å². The van der Waals surface area contributed by atoms with Crippen LogP contribution in [-0.2, 0) is 0 Å². The largest absolute Gasteiger partial charge is 0.476 e. The summed E-state index contributed by atoms with van der Waals surface area (Å²) in [5.41, 5.74) is 0.00463. The summed E-state index contributed by atoms with van der Waals surface area (Å²) < 4.78 is 14.2. The second kappa shape index (κ2) is 2.55. The fourth-order valence-electron chi connectivity index (χ4n) is 1.09.